The van der Waals surface area contributed by atoms with E-state index in [4.69, 9.17) is 12.2 Å². The SMILES string of the molecule is Cc1ncsc1-c1ccc(CNC(=O)[C@@H]2C[C@@H](O)CN2C(=O)[C@@H](NC(=O)CCCNC(=O)c2ccc(N3C(=S)N(c4ccc(C#N)c(C(F)(F)F)c4)C(=O)C3(C)C)cc2F)C(C)(C)C)cc1. The molecule has 2 aliphatic heterocycles. The normalized spacial score (nSPS) is 17.7. The van der Waals surface area contributed by atoms with Crippen LogP contribution in [0.2, 0.25) is 0 Å². The largest absolute Gasteiger partial charge is 0.417 e. The van der Waals surface area contributed by atoms with E-state index in [-0.39, 0.29) is 60.9 Å². The van der Waals surface area contributed by atoms with Gasteiger partial charge in [0.1, 0.15) is 23.4 Å². The lowest BCUT2D eigenvalue weighted by molar-refractivity contribution is -0.144. The number of aryl methyl sites for hydroxylation is 1. The van der Waals surface area contributed by atoms with E-state index < -0.39 is 81.8 Å². The van der Waals surface area contributed by atoms with Gasteiger partial charge in [-0.05, 0) is 92.4 Å². The Morgan fingerprint density at radius 1 is 1.03 bits per heavy atom. The third-order valence-corrected chi connectivity index (χ3v) is 12.7. The van der Waals surface area contributed by atoms with Gasteiger partial charge < -0.3 is 30.9 Å². The number of β-amino-alcohol motifs (C(OH)–C–C–N with tert-alkyl or cyclic N) is 1. The number of aromatic nitrogens is 1. The van der Waals surface area contributed by atoms with Crippen molar-refractivity contribution in [3.05, 3.63) is 99.9 Å². The first-order chi connectivity index (χ1) is 30.9. The quantitative estimate of drug-likeness (QED) is 0.0665. The zero-order valence-corrected chi connectivity index (χ0v) is 38.5. The van der Waals surface area contributed by atoms with Crippen LogP contribution in [0.4, 0.5) is 28.9 Å². The summed E-state index contributed by atoms with van der Waals surface area (Å²) >= 11 is 7.05. The summed E-state index contributed by atoms with van der Waals surface area (Å²) in [5, 5.41) is 27.7. The number of nitriles is 1. The highest BCUT2D eigenvalue weighted by atomic mass is 32.1. The highest BCUT2D eigenvalue weighted by Gasteiger charge is 2.51. The summed E-state index contributed by atoms with van der Waals surface area (Å²) < 4.78 is 56.8. The second-order valence-corrected chi connectivity index (χ2v) is 18.8. The van der Waals surface area contributed by atoms with Crippen LogP contribution in [0.1, 0.15) is 86.6 Å². The molecule has 0 bridgehead atoms. The van der Waals surface area contributed by atoms with Crippen LogP contribution >= 0.6 is 23.6 Å². The lowest BCUT2D eigenvalue weighted by atomic mass is 9.85. The van der Waals surface area contributed by atoms with Gasteiger partial charge in [-0.25, -0.2) is 9.37 Å². The standard InChI is InChI=1S/C46H48F4N8O6S2/c1-25-37(66-24-54-25)27-11-9-26(10-12-27)22-53-40(62)35-20-31(59)23-56(35)41(63)38(44(2,3)4)55-36(60)8-7-17-52-39(61)32-16-15-30(19-34(32)47)58-43(65)57(42(64)45(58,5)6)29-14-13-28(21-51)33(18-29)46(48,49)50/h9-16,18-19,24,31,35,38,59H,7-8,17,20,22-23H2,1-6H3,(H,52,61)(H,53,62)(H,55,60)/t31-,35+,38-/m1/s1. The number of benzene rings is 3. The zero-order valence-electron chi connectivity index (χ0n) is 36.9. The Labute approximate surface area is 388 Å². The number of nitrogens with zero attached hydrogens (tertiary/aromatic N) is 5. The van der Waals surface area contributed by atoms with Gasteiger partial charge in [-0.15, -0.1) is 11.3 Å². The predicted octanol–water partition coefficient (Wildman–Crippen LogP) is 6.38. The number of aliphatic hydroxyl groups excluding tert-OH is 1. The molecule has 0 aliphatic carbocycles. The van der Waals surface area contributed by atoms with Crippen molar-refractivity contribution in [3.63, 3.8) is 0 Å². The number of carbonyl (C=O) groups is 5. The number of alkyl halides is 3. The van der Waals surface area contributed by atoms with E-state index in [0.717, 1.165) is 50.9 Å². The molecule has 4 N–H and O–H groups in total. The van der Waals surface area contributed by atoms with Gasteiger partial charge in [0.15, 0.2) is 5.11 Å². The van der Waals surface area contributed by atoms with Gasteiger partial charge in [0.05, 0.1) is 50.6 Å². The summed E-state index contributed by atoms with van der Waals surface area (Å²) in [5.74, 6) is -4.03. The molecule has 14 nitrogen and oxygen atoms in total. The number of hydrogen-bond acceptors (Lipinski definition) is 10. The summed E-state index contributed by atoms with van der Waals surface area (Å²) in [7, 11) is 0. The van der Waals surface area contributed by atoms with Crippen LogP contribution in [0.15, 0.2) is 66.2 Å². The lowest BCUT2D eigenvalue weighted by Gasteiger charge is -2.35. The smallest absolute Gasteiger partial charge is 0.391 e. The fourth-order valence-electron chi connectivity index (χ4n) is 7.85. The predicted molar refractivity (Wildman–Crippen MR) is 242 cm³/mol. The molecule has 1 aromatic heterocycles. The van der Waals surface area contributed by atoms with Gasteiger partial charge in [-0.2, -0.15) is 18.4 Å². The molecule has 5 amide bonds. The third-order valence-electron chi connectivity index (χ3n) is 11.4. The molecule has 0 spiro atoms. The van der Waals surface area contributed by atoms with Crippen LogP contribution in [0, 0.1) is 29.5 Å². The van der Waals surface area contributed by atoms with E-state index in [1.165, 1.54) is 47.1 Å². The zero-order chi connectivity index (χ0) is 48.5. The second kappa shape index (κ2) is 19.3. The van der Waals surface area contributed by atoms with Crippen LogP contribution in [0.3, 0.4) is 0 Å². The highest BCUT2D eigenvalue weighted by Crippen LogP contribution is 2.40. The van der Waals surface area contributed by atoms with Crippen molar-refractivity contribution in [2.45, 2.75) is 97.3 Å². The fourth-order valence-corrected chi connectivity index (χ4v) is 9.18. The van der Waals surface area contributed by atoms with Gasteiger partial charge in [-0.3, -0.25) is 28.9 Å². The number of thiazole rings is 1. The highest BCUT2D eigenvalue weighted by molar-refractivity contribution is 7.81. The van der Waals surface area contributed by atoms with Crippen molar-refractivity contribution in [1.82, 2.24) is 25.8 Å². The van der Waals surface area contributed by atoms with E-state index in [9.17, 15) is 47.5 Å². The maximum Gasteiger partial charge on any atom is 0.417 e. The van der Waals surface area contributed by atoms with E-state index in [2.05, 4.69) is 20.9 Å². The van der Waals surface area contributed by atoms with Gasteiger partial charge in [-0.1, -0.05) is 45.0 Å². The van der Waals surface area contributed by atoms with Crippen molar-refractivity contribution in [2.75, 3.05) is 22.9 Å². The minimum absolute atomic E-state index is 0.0197. The van der Waals surface area contributed by atoms with Crippen LogP contribution in [0.25, 0.3) is 10.4 Å². The first kappa shape index (κ1) is 49.1. The molecular weight excluding hydrogens is 901 g/mol. The number of carbonyl (C=O) groups excluding carboxylic acids is 5. The molecule has 0 unspecified atom stereocenters. The number of halogens is 4. The number of amides is 5. The molecule has 66 heavy (non-hydrogen) atoms. The second-order valence-electron chi connectivity index (χ2n) is 17.6. The maximum absolute atomic E-state index is 15.6. The third kappa shape index (κ3) is 10.4. The number of nitrogens with one attached hydrogen (secondary N) is 3. The monoisotopic (exact) mass is 948 g/mol. The Balaban J connectivity index is 1.03. The number of aliphatic hydroxyl groups is 1. The Morgan fingerprint density at radius 3 is 2.32 bits per heavy atom. The Kier molecular flexibility index (Phi) is 14.3. The van der Waals surface area contributed by atoms with Gasteiger partial charge in [0.25, 0.3) is 11.8 Å². The Morgan fingerprint density at radius 2 is 1.71 bits per heavy atom. The molecule has 2 aliphatic rings. The molecule has 20 heteroatoms. The molecule has 3 heterocycles. The Bertz CT molecular complexity index is 2610. The number of hydrogen-bond donors (Lipinski definition) is 4. The first-order valence-corrected chi connectivity index (χ1v) is 22.2. The van der Waals surface area contributed by atoms with Crippen molar-refractivity contribution in [1.29, 1.82) is 5.26 Å². The molecule has 2 saturated heterocycles. The minimum atomic E-state index is -4.90. The van der Waals surface area contributed by atoms with Crippen LogP contribution < -0.4 is 25.8 Å². The summed E-state index contributed by atoms with van der Waals surface area (Å²) in [6.45, 7) is 10.1. The Hall–Kier alpha value is -6.30. The maximum atomic E-state index is 15.6. The number of thiocarbonyl (C=S) groups is 1. The van der Waals surface area contributed by atoms with E-state index >= 15 is 4.39 Å². The molecular formula is C46H48F4N8O6S2. The average molecular weight is 949 g/mol. The molecule has 348 valence electrons. The molecule has 0 saturated carbocycles. The van der Waals surface area contributed by atoms with Gasteiger partial charge in [0, 0.05) is 38.2 Å². The van der Waals surface area contributed by atoms with E-state index in [1.54, 1.807) is 26.3 Å². The van der Waals surface area contributed by atoms with Crippen LogP contribution in [-0.2, 0) is 31.9 Å². The topological polar surface area (TPSA) is 188 Å². The van der Waals surface area contributed by atoms with Gasteiger partial charge in [0.2, 0.25) is 17.7 Å². The fraction of sp³-hybridized carbons (Fsp3) is 0.391. The summed E-state index contributed by atoms with van der Waals surface area (Å²) in [6.07, 6.45) is -5.87. The van der Waals surface area contributed by atoms with Crippen molar-refractivity contribution >= 4 is 69.6 Å². The van der Waals surface area contributed by atoms with Crippen molar-refractivity contribution in [3.8, 4) is 16.5 Å². The summed E-state index contributed by atoms with van der Waals surface area (Å²) in [4.78, 5) is 76.1. The van der Waals surface area contributed by atoms with Gasteiger partial charge >= 0.3 is 6.18 Å². The molecule has 0 radical (unpaired) electrons. The van der Waals surface area contributed by atoms with E-state index in [0.29, 0.717) is 6.07 Å². The minimum Gasteiger partial charge on any atom is -0.391 e. The van der Waals surface area contributed by atoms with E-state index in [1.807, 2.05) is 31.2 Å². The van der Waals surface area contributed by atoms with Crippen LogP contribution in [0.5, 0.6) is 0 Å². The lowest BCUT2D eigenvalue weighted by Crippen LogP contribution is -2.57. The molecule has 3 atom stereocenters. The van der Waals surface area contributed by atoms with Crippen molar-refractivity contribution in [2.24, 2.45) is 5.41 Å². The number of anilines is 2. The molecule has 3 aromatic carbocycles. The van der Waals surface area contributed by atoms with Crippen LogP contribution in [-0.4, -0.2) is 86.5 Å². The molecule has 4 aromatic rings. The summed E-state index contributed by atoms with van der Waals surface area (Å²) in [6, 6.07) is 13.3. The molecule has 6 rings (SSSR count). The number of likely N-dealkylation sites (tertiary alicyclic amines) is 1. The molecule has 2 fully saturated rings. The summed E-state index contributed by atoms with van der Waals surface area (Å²) in [5.41, 5.74) is -0.240. The van der Waals surface area contributed by atoms with Crippen molar-refractivity contribution < 1.29 is 46.6 Å². The first-order valence-electron chi connectivity index (χ1n) is 20.9. The average Bonchev–Trinajstić information content (AvgIpc) is 3.91. The number of rotatable bonds is 13.